The second kappa shape index (κ2) is 5.75. The van der Waals surface area contributed by atoms with Crippen molar-refractivity contribution in [2.45, 2.75) is 19.9 Å². The van der Waals surface area contributed by atoms with Crippen molar-refractivity contribution in [3.63, 3.8) is 0 Å². The van der Waals surface area contributed by atoms with E-state index in [4.69, 9.17) is 4.42 Å². The molecule has 1 atom stereocenters. The smallest absolute Gasteiger partial charge is 0.151 e. The van der Waals surface area contributed by atoms with Gasteiger partial charge in [-0.15, -0.1) is 0 Å². The lowest BCUT2D eigenvalue weighted by molar-refractivity contribution is 0.459. The number of sulfone groups is 1. The Bertz CT molecular complexity index is 613. The second-order valence-corrected chi connectivity index (χ2v) is 7.07. The third kappa shape index (κ3) is 3.58. The van der Waals surface area contributed by atoms with Crippen LogP contribution in [0.5, 0.6) is 0 Å². The number of fused-ring (bicyclic) bond motifs is 1. The summed E-state index contributed by atoms with van der Waals surface area (Å²) >= 11 is 0. The Morgan fingerprint density at radius 3 is 2.74 bits per heavy atom. The van der Waals surface area contributed by atoms with Gasteiger partial charge in [0.05, 0.1) is 11.8 Å². The van der Waals surface area contributed by atoms with Crippen molar-refractivity contribution in [1.82, 2.24) is 5.32 Å². The fourth-order valence-corrected chi connectivity index (χ4v) is 2.61. The lowest BCUT2D eigenvalue weighted by Gasteiger charge is -2.10. The molecule has 1 aromatic heterocycles. The minimum absolute atomic E-state index is 0.000504. The Balaban J connectivity index is 1.98. The molecule has 0 radical (unpaired) electrons. The van der Waals surface area contributed by atoms with E-state index in [0.717, 1.165) is 16.7 Å². The van der Waals surface area contributed by atoms with Crippen LogP contribution < -0.4 is 5.32 Å². The van der Waals surface area contributed by atoms with Crippen LogP contribution in [-0.4, -0.2) is 26.5 Å². The molecule has 0 saturated heterocycles. The van der Waals surface area contributed by atoms with E-state index in [9.17, 15) is 8.42 Å². The van der Waals surface area contributed by atoms with Crippen molar-refractivity contribution in [3.05, 3.63) is 36.1 Å². The molecular weight excluding hydrogens is 262 g/mol. The first-order chi connectivity index (χ1) is 9.02. The predicted molar refractivity (Wildman–Crippen MR) is 77.0 cm³/mol. The van der Waals surface area contributed by atoms with Crippen LogP contribution in [0.25, 0.3) is 11.0 Å². The van der Waals surface area contributed by atoms with E-state index < -0.39 is 9.84 Å². The standard InChI is InChI=1S/C14H19NO3S/c1-3-19(16,17)9-8-15-11(2)14-10-12-6-4-5-7-13(12)18-14/h4-7,10-11,15H,3,8-9H2,1-2H3. The highest BCUT2D eigenvalue weighted by Gasteiger charge is 2.12. The SMILES string of the molecule is CCS(=O)(=O)CCNC(C)c1cc2ccccc2o1. The first kappa shape index (κ1) is 14.1. The molecule has 1 unspecified atom stereocenters. The highest BCUT2D eigenvalue weighted by Crippen LogP contribution is 2.23. The summed E-state index contributed by atoms with van der Waals surface area (Å²) in [6.07, 6.45) is 0. The van der Waals surface area contributed by atoms with Gasteiger partial charge in [0.1, 0.15) is 11.3 Å². The summed E-state index contributed by atoms with van der Waals surface area (Å²) in [6, 6.07) is 9.81. The van der Waals surface area contributed by atoms with Crippen LogP contribution in [0.4, 0.5) is 0 Å². The van der Waals surface area contributed by atoms with Crippen LogP contribution in [-0.2, 0) is 9.84 Å². The van der Waals surface area contributed by atoms with Gasteiger partial charge < -0.3 is 9.73 Å². The summed E-state index contributed by atoms with van der Waals surface area (Å²) in [5, 5.41) is 4.24. The average molecular weight is 281 g/mol. The minimum atomic E-state index is -2.92. The quantitative estimate of drug-likeness (QED) is 0.884. The number of nitrogens with one attached hydrogen (secondary N) is 1. The summed E-state index contributed by atoms with van der Waals surface area (Å²) in [7, 11) is -2.92. The molecule has 4 nitrogen and oxygen atoms in total. The summed E-state index contributed by atoms with van der Waals surface area (Å²) in [5.74, 6) is 1.18. The predicted octanol–water partition coefficient (Wildman–Crippen LogP) is 2.52. The maximum absolute atomic E-state index is 11.4. The zero-order valence-corrected chi connectivity index (χ0v) is 12.0. The van der Waals surface area contributed by atoms with Gasteiger partial charge in [-0.2, -0.15) is 0 Å². The number of benzene rings is 1. The molecule has 1 N–H and O–H groups in total. The van der Waals surface area contributed by atoms with Gasteiger partial charge in [-0.05, 0) is 19.1 Å². The van der Waals surface area contributed by atoms with Crippen LogP contribution in [0.2, 0.25) is 0 Å². The monoisotopic (exact) mass is 281 g/mol. The molecular formula is C14H19NO3S. The van der Waals surface area contributed by atoms with Gasteiger partial charge in [0.25, 0.3) is 0 Å². The van der Waals surface area contributed by atoms with Gasteiger partial charge in [-0.1, -0.05) is 25.1 Å². The molecule has 0 saturated carbocycles. The van der Waals surface area contributed by atoms with E-state index in [-0.39, 0.29) is 17.5 Å². The van der Waals surface area contributed by atoms with Crippen LogP contribution in [0.15, 0.2) is 34.7 Å². The van der Waals surface area contributed by atoms with Gasteiger partial charge >= 0.3 is 0 Å². The van der Waals surface area contributed by atoms with E-state index in [1.165, 1.54) is 0 Å². The number of rotatable bonds is 6. The normalized spacial score (nSPS) is 13.8. The molecule has 0 spiro atoms. The first-order valence-corrected chi connectivity index (χ1v) is 8.26. The van der Waals surface area contributed by atoms with Crippen molar-refractivity contribution in [2.75, 3.05) is 18.1 Å². The van der Waals surface area contributed by atoms with Gasteiger partial charge in [-0.3, -0.25) is 0 Å². The number of hydrogen-bond acceptors (Lipinski definition) is 4. The molecule has 2 aromatic rings. The van der Waals surface area contributed by atoms with E-state index >= 15 is 0 Å². The Kier molecular flexibility index (Phi) is 4.27. The second-order valence-electron chi connectivity index (χ2n) is 4.60. The fourth-order valence-electron chi connectivity index (χ4n) is 1.89. The Morgan fingerprint density at radius 1 is 1.32 bits per heavy atom. The maximum atomic E-state index is 11.4. The Labute approximate surface area is 113 Å². The minimum Gasteiger partial charge on any atom is -0.459 e. The molecule has 19 heavy (non-hydrogen) atoms. The van der Waals surface area contributed by atoms with Gasteiger partial charge in [0, 0.05) is 17.7 Å². The number of furan rings is 1. The molecule has 1 aromatic carbocycles. The van der Waals surface area contributed by atoms with Crippen molar-refractivity contribution >= 4 is 20.8 Å². The fraction of sp³-hybridized carbons (Fsp3) is 0.429. The van der Waals surface area contributed by atoms with E-state index in [1.807, 2.05) is 37.3 Å². The summed E-state index contributed by atoms with van der Waals surface area (Å²) in [4.78, 5) is 0. The summed E-state index contributed by atoms with van der Waals surface area (Å²) in [6.45, 7) is 4.07. The molecule has 1 heterocycles. The highest BCUT2D eigenvalue weighted by atomic mass is 32.2. The molecule has 0 aliphatic carbocycles. The van der Waals surface area contributed by atoms with Crippen molar-refractivity contribution in [2.24, 2.45) is 0 Å². The van der Waals surface area contributed by atoms with Gasteiger partial charge in [0.15, 0.2) is 9.84 Å². The van der Waals surface area contributed by atoms with Crippen LogP contribution in [0.1, 0.15) is 25.6 Å². The highest BCUT2D eigenvalue weighted by molar-refractivity contribution is 7.91. The zero-order chi connectivity index (χ0) is 13.9. The molecule has 0 aliphatic rings. The van der Waals surface area contributed by atoms with Crippen LogP contribution >= 0.6 is 0 Å². The van der Waals surface area contributed by atoms with Gasteiger partial charge in [-0.25, -0.2) is 8.42 Å². The van der Waals surface area contributed by atoms with E-state index in [0.29, 0.717) is 6.54 Å². The third-order valence-electron chi connectivity index (χ3n) is 3.17. The average Bonchev–Trinajstić information content (AvgIpc) is 2.82. The molecule has 0 fully saturated rings. The molecule has 104 valence electrons. The molecule has 2 rings (SSSR count). The number of para-hydroxylation sites is 1. The van der Waals surface area contributed by atoms with E-state index in [1.54, 1.807) is 6.92 Å². The summed E-state index contributed by atoms with van der Waals surface area (Å²) < 4.78 is 28.5. The number of hydrogen-bond donors (Lipinski definition) is 1. The molecule has 0 bridgehead atoms. The molecule has 0 amide bonds. The van der Waals surface area contributed by atoms with Crippen LogP contribution in [0.3, 0.4) is 0 Å². The summed E-state index contributed by atoms with van der Waals surface area (Å²) in [5.41, 5.74) is 0.854. The van der Waals surface area contributed by atoms with Crippen molar-refractivity contribution < 1.29 is 12.8 Å². The lowest BCUT2D eigenvalue weighted by atomic mass is 10.2. The Morgan fingerprint density at radius 2 is 2.05 bits per heavy atom. The van der Waals surface area contributed by atoms with Crippen LogP contribution in [0, 0.1) is 0 Å². The lowest BCUT2D eigenvalue weighted by Crippen LogP contribution is -2.26. The van der Waals surface area contributed by atoms with E-state index in [2.05, 4.69) is 5.32 Å². The molecule has 0 aliphatic heterocycles. The topological polar surface area (TPSA) is 59.3 Å². The largest absolute Gasteiger partial charge is 0.459 e. The maximum Gasteiger partial charge on any atom is 0.151 e. The van der Waals surface area contributed by atoms with Crippen molar-refractivity contribution in [3.8, 4) is 0 Å². The van der Waals surface area contributed by atoms with Crippen molar-refractivity contribution in [1.29, 1.82) is 0 Å². The zero-order valence-electron chi connectivity index (χ0n) is 11.2. The third-order valence-corrected chi connectivity index (χ3v) is 4.88. The Hall–Kier alpha value is -1.33. The van der Waals surface area contributed by atoms with Gasteiger partial charge in [0.2, 0.25) is 0 Å². The molecule has 5 heteroatoms. The first-order valence-electron chi connectivity index (χ1n) is 6.44.